The van der Waals surface area contributed by atoms with Gasteiger partial charge in [0.05, 0.1) is 22.6 Å². The van der Waals surface area contributed by atoms with Crippen molar-refractivity contribution in [1.82, 2.24) is 14.9 Å². The second-order valence-electron chi connectivity index (χ2n) is 7.52. The molecule has 0 aliphatic carbocycles. The van der Waals surface area contributed by atoms with Crippen LogP contribution in [0.3, 0.4) is 0 Å². The van der Waals surface area contributed by atoms with Crippen molar-refractivity contribution in [3.8, 4) is 11.4 Å². The van der Waals surface area contributed by atoms with E-state index in [1.165, 1.54) is 16.7 Å². The highest BCUT2D eigenvalue weighted by Gasteiger charge is 2.22. The number of nitrogens with one attached hydrogen (secondary N) is 1. The van der Waals surface area contributed by atoms with Crippen LogP contribution in [0.25, 0.3) is 16.6 Å². The van der Waals surface area contributed by atoms with Gasteiger partial charge < -0.3 is 15.2 Å². The van der Waals surface area contributed by atoms with Gasteiger partial charge in [0.1, 0.15) is 17.2 Å². The molecule has 2 N–H and O–H groups in total. The summed E-state index contributed by atoms with van der Waals surface area (Å²) in [5.74, 6) is 0.358. The van der Waals surface area contributed by atoms with Gasteiger partial charge in [-0.15, -0.1) is 0 Å². The number of aromatic nitrogens is 2. The van der Waals surface area contributed by atoms with Crippen LogP contribution in [-0.2, 0) is 4.74 Å². The summed E-state index contributed by atoms with van der Waals surface area (Å²) in [6, 6.07) is 12.7. The molecule has 1 amide bonds. The summed E-state index contributed by atoms with van der Waals surface area (Å²) in [5, 5.41) is 13.0. The lowest BCUT2D eigenvalue weighted by atomic mass is 10.2. The Balaban J connectivity index is 2.13. The summed E-state index contributed by atoms with van der Waals surface area (Å²) in [6.07, 6.45) is -0.607. The summed E-state index contributed by atoms with van der Waals surface area (Å²) in [6.45, 7) is 7.04. The molecule has 0 saturated carbocycles. The number of alkyl carbamates (subject to hydrolysis) is 1. The van der Waals surface area contributed by atoms with Gasteiger partial charge >= 0.3 is 6.09 Å². The Morgan fingerprint density at radius 2 is 1.89 bits per heavy atom. The van der Waals surface area contributed by atoms with Crippen molar-refractivity contribution in [3.05, 3.63) is 64.7 Å². The number of para-hydroxylation sites is 1. The van der Waals surface area contributed by atoms with Crippen LogP contribution < -0.4 is 10.9 Å². The third-order valence-electron chi connectivity index (χ3n) is 4.01. The Hall–Kier alpha value is -3.35. The van der Waals surface area contributed by atoms with Gasteiger partial charge in [-0.05, 0) is 52.0 Å². The number of phenols is 1. The van der Waals surface area contributed by atoms with Crippen molar-refractivity contribution >= 4 is 17.0 Å². The second-order valence-corrected chi connectivity index (χ2v) is 7.52. The highest BCUT2D eigenvalue weighted by molar-refractivity contribution is 5.78. The first kappa shape index (κ1) is 19.4. The molecular weight excluding hydrogens is 358 g/mol. The third kappa shape index (κ3) is 4.14. The maximum Gasteiger partial charge on any atom is 0.408 e. The molecule has 0 saturated heterocycles. The Morgan fingerprint density at radius 1 is 1.18 bits per heavy atom. The smallest absolute Gasteiger partial charge is 0.408 e. The maximum atomic E-state index is 13.2. The van der Waals surface area contributed by atoms with Crippen LogP contribution in [0.1, 0.15) is 39.6 Å². The number of hydrogen-bond acceptors (Lipinski definition) is 5. The Bertz CT molecular complexity index is 1080. The first-order chi connectivity index (χ1) is 13.2. The van der Waals surface area contributed by atoms with E-state index in [9.17, 15) is 14.7 Å². The van der Waals surface area contributed by atoms with Crippen molar-refractivity contribution in [2.24, 2.45) is 0 Å². The van der Waals surface area contributed by atoms with E-state index in [4.69, 9.17) is 4.74 Å². The van der Waals surface area contributed by atoms with Gasteiger partial charge in [-0.25, -0.2) is 9.78 Å². The van der Waals surface area contributed by atoms with E-state index in [-0.39, 0.29) is 11.3 Å². The van der Waals surface area contributed by atoms with E-state index in [0.29, 0.717) is 22.4 Å². The summed E-state index contributed by atoms with van der Waals surface area (Å²) >= 11 is 0. The molecule has 1 heterocycles. The van der Waals surface area contributed by atoms with E-state index in [1.54, 1.807) is 64.1 Å². The molecule has 0 aliphatic rings. The molecule has 1 unspecified atom stereocenters. The van der Waals surface area contributed by atoms with E-state index >= 15 is 0 Å². The minimum Gasteiger partial charge on any atom is -0.508 e. The number of carbonyl (C=O) groups is 1. The molecule has 0 spiro atoms. The number of rotatable bonds is 3. The van der Waals surface area contributed by atoms with Gasteiger partial charge in [0.2, 0.25) is 0 Å². The summed E-state index contributed by atoms with van der Waals surface area (Å²) in [7, 11) is 0. The first-order valence-corrected chi connectivity index (χ1v) is 8.96. The fourth-order valence-corrected chi connectivity index (χ4v) is 2.87. The fourth-order valence-electron chi connectivity index (χ4n) is 2.87. The Kier molecular flexibility index (Phi) is 5.09. The van der Waals surface area contributed by atoms with Gasteiger partial charge in [0.25, 0.3) is 5.56 Å². The molecule has 1 aromatic heterocycles. The van der Waals surface area contributed by atoms with E-state index in [2.05, 4.69) is 10.3 Å². The predicted molar refractivity (Wildman–Crippen MR) is 107 cm³/mol. The zero-order valence-electron chi connectivity index (χ0n) is 16.3. The lowest BCUT2D eigenvalue weighted by molar-refractivity contribution is 0.0505. The van der Waals surface area contributed by atoms with Crippen molar-refractivity contribution in [3.63, 3.8) is 0 Å². The van der Waals surface area contributed by atoms with Gasteiger partial charge in [0, 0.05) is 6.07 Å². The van der Waals surface area contributed by atoms with Crippen LogP contribution in [0.2, 0.25) is 0 Å². The SMILES string of the molecule is CC(NC(=O)OC(C)(C)C)c1nc2ccccc2c(=O)n1-c1cccc(O)c1. The third-order valence-corrected chi connectivity index (χ3v) is 4.01. The number of benzene rings is 2. The second kappa shape index (κ2) is 7.34. The zero-order chi connectivity index (χ0) is 20.5. The van der Waals surface area contributed by atoms with Gasteiger partial charge in [-0.3, -0.25) is 9.36 Å². The van der Waals surface area contributed by atoms with Gasteiger partial charge in [0.15, 0.2) is 0 Å². The van der Waals surface area contributed by atoms with Crippen molar-refractivity contribution < 1.29 is 14.6 Å². The molecule has 7 heteroatoms. The molecule has 146 valence electrons. The molecule has 3 aromatic rings. The predicted octanol–water partition coefficient (Wildman–Crippen LogP) is 3.68. The molecule has 0 bridgehead atoms. The highest BCUT2D eigenvalue weighted by Crippen LogP contribution is 2.21. The monoisotopic (exact) mass is 381 g/mol. The molecule has 1 atom stereocenters. The topological polar surface area (TPSA) is 93.5 Å². The van der Waals surface area contributed by atoms with E-state index in [0.717, 1.165) is 0 Å². The highest BCUT2D eigenvalue weighted by atomic mass is 16.6. The summed E-state index contributed by atoms with van der Waals surface area (Å²) in [4.78, 5) is 30.0. The van der Waals surface area contributed by atoms with Crippen LogP contribution in [0, 0.1) is 0 Å². The summed E-state index contributed by atoms with van der Waals surface area (Å²) < 4.78 is 6.70. The van der Waals surface area contributed by atoms with Crippen molar-refractivity contribution in [1.29, 1.82) is 0 Å². The normalized spacial score (nSPS) is 12.6. The first-order valence-electron chi connectivity index (χ1n) is 8.96. The van der Waals surface area contributed by atoms with Crippen LogP contribution in [0.4, 0.5) is 4.79 Å². The lowest BCUT2D eigenvalue weighted by Crippen LogP contribution is -2.36. The zero-order valence-corrected chi connectivity index (χ0v) is 16.3. The number of fused-ring (bicyclic) bond motifs is 1. The molecule has 0 radical (unpaired) electrons. The van der Waals surface area contributed by atoms with Crippen molar-refractivity contribution in [2.45, 2.75) is 39.3 Å². The van der Waals surface area contributed by atoms with Crippen molar-refractivity contribution in [2.75, 3.05) is 0 Å². The fraction of sp³-hybridized carbons (Fsp3) is 0.286. The molecule has 2 aromatic carbocycles. The standard InChI is InChI=1S/C21H23N3O4/c1-13(22-20(27)28-21(2,3)4)18-23-17-11-6-5-10-16(17)19(26)24(18)14-8-7-9-15(25)12-14/h5-13,25H,1-4H3,(H,22,27). The minimum absolute atomic E-state index is 0.0243. The van der Waals surface area contributed by atoms with Crippen LogP contribution >= 0.6 is 0 Å². The summed E-state index contributed by atoms with van der Waals surface area (Å²) in [5.41, 5.74) is 0.0442. The quantitative estimate of drug-likeness (QED) is 0.722. The average molecular weight is 381 g/mol. The molecule has 0 fully saturated rings. The Morgan fingerprint density at radius 3 is 2.57 bits per heavy atom. The minimum atomic E-state index is -0.647. The number of amides is 1. The maximum absolute atomic E-state index is 13.2. The number of aromatic hydroxyl groups is 1. The van der Waals surface area contributed by atoms with Crippen LogP contribution in [0.5, 0.6) is 5.75 Å². The number of carbonyl (C=O) groups excluding carboxylic acids is 1. The number of hydrogen-bond donors (Lipinski definition) is 2. The molecule has 3 rings (SSSR count). The Labute approximate surface area is 162 Å². The molecule has 28 heavy (non-hydrogen) atoms. The average Bonchev–Trinajstić information content (AvgIpc) is 2.60. The number of phenolic OH excluding ortho intramolecular Hbond substituents is 1. The number of ether oxygens (including phenoxy) is 1. The largest absolute Gasteiger partial charge is 0.508 e. The van der Waals surface area contributed by atoms with Crippen LogP contribution in [-0.4, -0.2) is 26.4 Å². The van der Waals surface area contributed by atoms with Gasteiger partial charge in [-0.1, -0.05) is 18.2 Å². The molecular formula is C21H23N3O4. The molecule has 7 nitrogen and oxygen atoms in total. The number of nitrogens with zero attached hydrogens (tertiary/aromatic N) is 2. The van der Waals surface area contributed by atoms with Gasteiger partial charge in [-0.2, -0.15) is 0 Å². The van der Waals surface area contributed by atoms with Crippen LogP contribution in [0.15, 0.2) is 53.3 Å². The molecule has 0 aliphatic heterocycles. The van der Waals surface area contributed by atoms with E-state index in [1.807, 2.05) is 0 Å². The van der Waals surface area contributed by atoms with E-state index < -0.39 is 17.7 Å². The lowest BCUT2D eigenvalue weighted by Gasteiger charge is -2.23.